The first-order chi connectivity index (χ1) is 16.8. The zero-order valence-electron chi connectivity index (χ0n) is 20.6. The van der Waals surface area contributed by atoms with E-state index in [-0.39, 0.29) is 17.4 Å². The molecule has 184 valence electrons. The average Bonchev–Trinajstić information content (AvgIpc) is 3.46. The Kier molecular flexibility index (Phi) is 6.10. The fourth-order valence-electron chi connectivity index (χ4n) is 4.81. The maximum absolute atomic E-state index is 13.2. The average molecular weight is 495 g/mol. The molecule has 1 amide bonds. The molecule has 3 aromatic heterocycles. The van der Waals surface area contributed by atoms with Gasteiger partial charge in [-0.1, -0.05) is 0 Å². The molecule has 0 saturated heterocycles. The van der Waals surface area contributed by atoms with Crippen LogP contribution in [0.4, 0.5) is 11.5 Å². The maximum atomic E-state index is 13.2. The van der Waals surface area contributed by atoms with Crippen LogP contribution >= 0.6 is 11.3 Å². The second-order valence-corrected chi connectivity index (χ2v) is 10.7. The summed E-state index contributed by atoms with van der Waals surface area (Å²) in [5, 5.41) is 12.6. The highest BCUT2D eigenvalue weighted by Crippen LogP contribution is 2.42. The van der Waals surface area contributed by atoms with Crippen LogP contribution in [-0.2, 0) is 22.4 Å². The lowest BCUT2D eigenvalue weighted by molar-refractivity contribution is -0.137. The molecule has 1 aliphatic rings. The van der Waals surface area contributed by atoms with Crippen LogP contribution in [0.3, 0.4) is 0 Å². The highest BCUT2D eigenvalue weighted by Gasteiger charge is 2.32. The molecule has 2 N–H and O–H groups in total. The number of benzene rings is 1. The molecule has 10 heteroatoms. The lowest BCUT2D eigenvalue weighted by Crippen LogP contribution is -2.44. The number of carbonyl (C=O) groups excluding carboxylic acids is 1. The number of nitrogens with one attached hydrogen (secondary N) is 2. The molecule has 1 aromatic carbocycles. The number of hydrogen-bond acceptors (Lipinski definition) is 8. The van der Waals surface area contributed by atoms with E-state index in [4.69, 9.17) is 9.47 Å². The van der Waals surface area contributed by atoms with Gasteiger partial charge in [0.05, 0.1) is 35.5 Å². The summed E-state index contributed by atoms with van der Waals surface area (Å²) in [5.41, 5.74) is 2.58. The Morgan fingerprint density at radius 2 is 2.14 bits per heavy atom. The molecule has 0 bridgehead atoms. The number of anilines is 2. The first kappa shape index (κ1) is 23.5. The minimum absolute atomic E-state index is 0.0406. The molecule has 1 atom stereocenters. The van der Waals surface area contributed by atoms with E-state index in [0.29, 0.717) is 12.3 Å². The fraction of sp³-hybridized carbons (Fsp3) is 0.440. The number of carbonyl (C=O) groups is 1. The van der Waals surface area contributed by atoms with E-state index < -0.39 is 0 Å². The van der Waals surface area contributed by atoms with Crippen molar-refractivity contribution in [3.63, 3.8) is 0 Å². The van der Waals surface area contributed by atoms with Crippen LogP contribution in [0.25, 0.3) is 21.1 Å². The number of rotatable bonds is 7. The van der Waals surface area contributed by atoms with Crippen LogP contribution in [0.5, 0.6) is 5.75 Å². The van der Waals surface area contributed by atoms with Gasteiger partial charge in [-0.3, -0.25) is 9.89 Å². The number of H-pyrrole nitrogens is 1. The lowest BCUT2D eigenvalue weighted by atomic mass is 9.86. The summed E-state index contributed by atoms with van der Waals surface area (Å²) in [6.45, 7) is 4.54. The highest BCUT2D eigenvalue weighted by atomic mass is 32.1. The minimum atomic E-state index is -0.376. The summed E-state index contributed by atoms with van der Waals surface area (Å²) in [7, 11) is 5.19. The molecule has 35 heavy (non-hydrogen) atoms. The third-order valence-corrected chi connectivity index (χ3v) is 7.92. The number of aryl methyl sites for hydroxylation is 1. The van der Waals surface area contributed by atoms with Crippen LogP contribution in [0.2, 0.25) is 0 Å². The molecule has 0 radical (unpaired) electrons. The molecule has 0 unspecified atom stereocenters. The molecule has 5 rings (SSSR count). The van der Waals surface area contributed by atoms with Crippen molar-refractivity contribution in [2.24, 2.45) is 5.92 Å². The van der Waals surface area contributed by atoms with Crippen LogP contribution < -0.4 is 10.1 Å². The van der Waals surface area contributed by atoms with Gasteiger partial charge in [0, 0.05) is 42.9 Å². The zero-order chi connectivity index (χ0) is 24.7. The summed E-state index contributed by atoms with van der Waals surface area (Å²) in [6.07, 6.45) is 5.70. The Labute approximate surface area is 207 Å². The Balaban J connectivity index is 1.43. The first-order valence-electron chi connectivity index (χ1n) is 11.6. The number of amides is 1. The van der Waals surface area contributed by atoms with Crippen LogP contribution in [0, 0.1) is 5.92 Å². The lowest BCUT2D eigenvalue weighted by Gasteiger charge is -2.32. The second kappa shape index (κ2) is 9.09. The molecule has 3 heterocycles. The second-order valence-electron chi connectivity index (χ2n) is 9.64. The Hall–Kier alpha value is -3.24. The van der Waals surface area contributed by atoms with Crippen LogP contribution in [0.1, 0.15) is 30.7 Å². The molecule has 9 nitrogen and oxygen atoms in total. The minimum Gasteiger partial charge on any atom is -0.494 e. The third kappa shape index (κ3) is 4.43. The monoisotopic (exact) mass is 494 g/mol. The van der Waals surface area contributed by atoms with E-state index in [0.717, 1.165) is 51.9 Å². The van der Waals surface area contributed by atoms with E-state index in [2.05, 4.69) is 25.5 Å². The summed E-state index contributed by atoms with van der Waals surface area (Å²) < 4.78 is 11.1. The summed E-state index contributed by atoms with van der Waals surface area (Å²) >= 11 is 1.66. The van der Waals surface area contributed by atoms with E-state index in [1.807, 2.05) is 33.0 Å². The number of thiophene rings is 1. The molecule has 4 aromatic rings. The summed E-state index contributed by atoms with van der Waals surface area (Å²) in [6, 6.07) is 3.92. The van der Waals surface area contributed by atoms with E-state index >= 15 is 0 Å². The van der Waals surface area contributed by atoms with Gasteiger partial charge in [0.2, 0.25) is 5.91 Å². The van der Waals surface area contributed by atoms with Crippen molar-refractivity contribution in [2.75, 3.05) is 33.1 Å². The van der Waals surface area contributed by atoms with Crippen molar-refractivity contribution in [3.05, 3.63) is 35.1 Å². The Bertz CT molecular complexity index is 1390. The van der Waals surface area contributed by atoms with Gasteiger partial charge in [-0.15, -0.1) is 11.3 Å². The normalized spacial score (nSPS) is 15.9. The highest BCUT2D eigenvalue weighted by molar-refractivity contribution is 7.19. The first-order valence-corrected chi connectivity index (χ1v) is 12.4. The van der Waals surface area contributed by atoms with E-state index in [1.54, 1.807) is 43.0 Å². The number of nitrogens with zero attached hydrogens (tertiary/aromatic N) is 4. The van der Waals surface area contributed by atoms with Gasteiger partial charge in [0.1, 0.15) is 22.7 Å². The molecule has 0 spiro atoms. The molecule has 0 fully saturated rings. The quantitative estimate of drug-likeness (QED) is 0.394. The van der Waals surface area contributed by atoms with Gasteiger partial charge in [0.15, 0.2) is 0 Å². The van der Waals surface area contributed by atoms with Gasteiger partial charge in [-0.05, 0) is 44.7 Å². The van der Waals surface area contributed by atoms with Gasteiger partial charge in [-0.25, -0.2) is 9.97 Å². The standard InChI is InChI=1S/C25H30N6O3S/c1-25(2,34-5)12-31(3)24(32)14-6-7-16-20(9-14)35-23-21(16)22(26-13-27-23)29-18-8-15-11-28-30-17(15)10-19(18)33-4/h8,10-11,13-14H,6-7,9,12H2,1-5H3,(H,28,30)(H,26,27,29)/t14-/m0/s1. The van der Waals surface area contributed by atoms with Crippen molar-refractivity contribution in [1.29, 1.82) is 0 Å². The van der Waals surface area contributed by atoms with Crippen molar-refractivity contribution >= 4 is 49.9 Å². The number of hydrogen-bond donors (Lipinski definition) is 2. The van der Waals surface area contributed by atoms with Crippen molar-refractivity contribution in [1.82, 2.24) is 25.1 Å². The summed E-state index contributed by atoms with van der Waals surface area (Å²) in [4.78, 5) is 26.3. The van der Waals surface area contributed by atoms with Gasteiger partial charge in [0.25, 0.3) is 0 Å². The number of fused-ring (bicyclic) bond motifs is 4. The SMILES string of the molecule is COc1cc2[nH]ncc2cc1Nc1ncnc2sc3c(c12)CC[C@H](C(=O)N(C)CC(C)(C)OC)C3. The Morgan fingerprint density at radius 1 is 1.31 bits per heavy atom. The topological polar surface area (TPSA) is 105 Å². The number of ether oxygens (including phenoxy) is 2. The van der Waals surface area contributed by atoms with Crippen LogP contribution in [-0.4, -0.2) is 64.4 Å². The van der Waals surface area contributed by atoms with Crippen molar-refractivity contribution in [2.45, 2.75) is 38.7 Å². The number of methoxy groups -OCH3 is 2. The predicted molar refractivity (Wildman–Crippen MR) is 138 cm³/mol. The third-order valence-electron chi connectivity index (χ3n) is 6.75. The molecule has 0 saturated carbocycles. The molecule has 0 aliphatic heterocycles. The van der Waals surface area contributed by atoms with Crippen LogP contribution in [0.15, 0.2) is 24.7 Å². The summed E-state index contributed by atoms with van der Waals surface area (Å²) in [5.74, 6) is 1.57. The zero-order valence-corrected chi connectivity index (χ0v) is 21.5. The number of aromatic amines is 1. The largest absolute Gasteiger partial charge is 0.494 e. The van der Waals surface area contributed by atoms with E-state index in [1.165, 1.54) is 10.4 Å². The predicted octanol–water partition coefficient (Wildman–Crippen LogP) is 4.31. The Morgan fingerprint density at radius 3 is 2.91 bits per heavy atom. The molecular formula is C25H30N6O3S. The number of likely N-dealkylation sites (N-methyl/N-ethyl adjacent to an activating group) is 1. The maximum Gasteiger partial charge on any atom is 0.225 e. The number of aromatic nitrogens is 4. The van der Waals surface area contributed by atoms with Gasteiger partial charge >= 0.3 is 0 Å². The van der Waals surface area contributed by atoms with Gasteiger partial charge in [-0.2, -0.15) is 5.10 Å². The van der Waals surface area contributed by atoms with Crippen molar-refractivity contribution in [3.8, 4) is 5.75 Å². The smallest absolute Gasteiger partial charge is 0.225 e. The van der Waals surface area contributed by atoms with E-state index in [9.17, 15) is 4.79 Å². The molecular weight excluding hydrogens is 464 g/mol. The fourth-order valence-corrected chi connectivity index (χ4v) is 6.07. The van der Waals surface area contributed by atoms with Crippen molar-refractivity contribution < 1.29 is 14.3 Å². The van der Waals surface area contributed by atoms with Gasteiger partial charge < -0.3 is 19.7 Å². The molecule has 1 aliphatic carbocycles.